The van der Waals surface area contributed by atoms with Gasteiger partial charge in [0.25, 0.3) is 0 Å². The second-order valence-corrected chi connectivity index (χ2v) is 4.27. The predicted octanol–water partition coefficient (Wildman–Crippen LogP) is 3.12. The molecule has 0 aliphatic carbocycles. The van der Waals surface area contributed by atoms with Crippen LogP contribution in [-0.2, 0) is 16.6 Å². The van der Waals surface area contributed by atoms with Crippen LogP contribution in [0.2, 0.25) is 0 Å². The van der Waals surface area contributed by atoms with Crippen LogP contribution in [0, 0.1) is 5.82 Å². The molecule has 0 saturated heterocycles. The van der Waals surface area contributed by atoms with Crippen LogP contribution in [0.4, 0.5) is 4.39 Å². The van der Waals surface area contributed by atoms with Crippen molar-refractivity contribution in [1.82, 2.24) is 0 Å². The zero-order valence-corrected chi connectivity index (χ0v) is 9.52. The van der Waals surface area contributed by atoms with Crippen molar-refractivity contribution in [3.63, 3.8) is 0 Å². The largest absolute Gasteiger partial charge is 0.469 e. The molecule has 0 aliphatic heterocycles. The highest BCUT2D eigenvalue weighted by molar-refractivity contribution is 5.68. The highest BCUT2D eigenvalue weighted by Crippen LogP contribution is 2.28. The predicted molar refractivity (Wildman–Crippen MR) is 62.2 cm³/mol. The summed E-state index contributed by atoms with van der Waals surface area (Å²) in [5, 5.41) is 0. The molecule has 1 atom stereocenters. The lowest BCUT2D eigenvalue weighted by Crippen LogP contribution is -2.27. The van der Waals surface area contributed by atoms with Gasteiger partial charge in [0.1, 0.15) is 17.9 Å². The quantitative estimate of drug-likeness (QED) is 0.758. The van der Waals surface area contributed by atoms with E-state index < -0.39 is 5.41 Å². The molecule has 3 heteroatoms. The van der Waals surface area contributed by atoms with Gasteiger partial charge in [0.2, 0.25) is 0 Å². The monoisotopic (exact) mass is 232 g/mol. The van der Waals surface area contributed by atoms with Gasteiger partial charge in [-0.2, -0.15) is 0 Å². The number of carbonyl (C=O) groups excluding carboxylic acids is 1. The van der Waals surface area contributed by atoms with E-state index in [1.165, 1.54) is 6.07 Å². The Morgan fingerprint density at radius 2 is 2.06 bits per heavy atom. The number of carbonyl (C=O) groups is 1. The molecule has 1 unspecified atom stereocenters. The van der Waals surface area contributed by atoms with Crippen molar-refractivity contribution in [3.05, 3.63) is 59.8 Å². The Balaban J connectivity index is 2.37. The second-order valence-electron chi connectivity index (χ2n) is 4.27. The third-order valence-electron chi connectivity index (χ3n) is 2.87. The molecule has 0 fully saturated rings. The van der Waals surface area contributed by atoms with Crippen LogP contribution in [0.25, 0.3) is 0 Å². The summed E-state index contributed by atoms with van der Waals surface area (Å²) in [4.78, 5) is 11.3. The number of furan rings is 1. The normalized spacial score (nSPS) is 14.2. The van der Waals surface area contributed by atoms with Gasteiger partial charge in [0, 0.05) is 12.0 Å². The summed E-state index contributed by atoms with van der Waals surface area (Å²) in [5.41, 5.74) is -0.505. The van der Waals surface area contributed by atoms with Gasteiger partial charge in [-0.05, 0) is 25.1 Å². The molecule has 17 heavy (non-hydrogen) atoms. The first kappa shape index (κ1) is 11.6. The van der Waals surface area contributed by atoms with E-state index in [-0.39, 0.29) is 5.82 Å². The Kier molecular flexibility index (Phi) is 3.09. The van der Waals surface area contributed by atoms with Gasteiger partial charge in [0.15, 0.2) is 0 Å². The van der Waals surface area contributed by atoms with Crippen molar-refractivity contribution in [3.8, 4) is 0 Å². The molecule has 0 saturated carbocycles. The van der Waals surface area contributed by atoms with Gasteiger partial charge in [-0.25, -0.2) is 4.39 Å². The van der Waals surface area contributed by atoms with Crippen LogP contribution in [0.3, 0.4) is 0 Å². The first-order chi connectivity index (χ1) is 8.15. The molecule has 0 bridgehead atoms. The average molecular weight is 232 g/mol. The van der Waals surface area contributed by atoms with E-state index in [1.807, 2.05) is 0 Å². The van der Waals surface area contributed by atoms with E-state index in [0.29, 0.717) is 17.7 Å². The number of halogens is 1. The molecule has 0 spiro atoms. The Labute approximate surface area is 99.1 Å². The van der Waals surface area contributed by atoms with Crippen molar-refractivity contribution >= 4 is 6.29 Å². The van der Waals surface area contributed by atoms with E-state index in [2.05, 4.69) is 0 Å². The zero-order chi connectivity index (χ0) is 12.3. The van der Waals surface area contributed by atoms with Crippen LogP contribution < -0.4 is 0 Å². The maximum Gasteiger partial charge on any atom is 0.130 e. The number of hydrogen-bond acceptors (Lipinski definition) is 2. The maximum atomic E-state index is 13.7. The van der Waals surface area contributed by atoms with E-state index in [1.54, 1.807) is 43.5 Å². The molecule has 88 valence electrons. The summed E-state index contributed by atoms with van der Waals surface area (Å²) in [7, 11) is 0. The highest BCUT2D eigenvalue weighted by Gasteiger charge is 2.30. The minimum absolute atomic E-state index is 0.352. The van der Waals surface area contributed by atoms with Crippen LogP contribution >= 0.6 is 0 Å². The molecule has 1 aromatic heterocycles. The van der Waals surface area contributed by atoms with Gasteiger partial charge < -0.3 is 9.21 Å². The molecule has 2 rings (SSSR count). The first-order valence-electron chi connectivity index (χ1n) is 5.39. The summed E-state index contributed by atoms with van der Waals surface area (Å²) in [6, 6.07) is 9.86. The Morgan fingerprint density at radius 1 is 1.29 bits per heavy atom. The molecular weight excluding hydrogens is 219 g/mol. The standard InChI is InChI=1S/C14H13FO2/c1-14(10-16,9-11-5-4-8-17-11)12-6-2-3-7-13(12)15/h2-8,10H,9H2,1H3. The van der Waals surface area contributed by atoms with Crippen molar-refractivity contribution in [2.75, 3.05) is 0 Å². The van der Waals surface area contributed by atoms with E-state index in [0.717, 1.165) is 6.29 Å². The van der Waals surface area contributed by atoms with Gasteiger partial charge in [-0.1, -0.05) is 18.2 Å². The molecule has 0 aliphatic rings. The lowest BCUT2D eigenvalue weighted by atomic mass is 9.80. The van der Waals surface area contributed by atoms with Gasteiger partial charge >= 0.3 is 0 Å². The third kappa shape index (κ3) is 2.28. The average Bonchev–Trinajstić information content (AvgIpc) is 2.82. The summed E-state index contributed by atoms with van der Waals surface area (Å²) in [6.45, 7) is 1.71. The lowest BCUT2D eigenvalue weighted by molar-refractivity contribution is -0.112. The van der Waals surface area contributed by atoms with Crippen LogP contribution in [-0.4, -0.2) is 6.29 Å². The molecule has 0 radical (unpaired) electrons. The van der Waals surface area contributed by atoms with Crippen molar-refractivity contribution in [1.29, 1.82) is 0 Å². The topological polar surface area (TPSA) is 30.2 Å². The minimum Gasteiger partial charge on any atom is -0.469 e. The van der Waals surface area contributed by atoms with Gasteiger partial charge in [0.05, 0.1) is 11.7 Å². The van der Waals surface area contributed by atoms with Crippen LogP contribution in [0.15, 0.2) is 47.1 Å². The van der Waals surface area contributed by atoms with Gasteiger partial charge in [-0.15, -0.1) is 0 Å². The minimum atomic E-state index is -0.900. The Hall–Kier alpha value is -1.90. The van der Waals surface area contributed by atoms with Crippen molar-refractivity contribution < 1.29 is 13.6 Å². The molecule has 2 nitrogen and oxygen atoms in total. The van der Waals surface area contributed by atoms with Crippen LogP contribution in [0.1, 0.15) is 18.2 Å². The summed E-state index contributed by atoms with van der Waals surface area (Å²) in [6.07, 6.45) is 2.67. The van der Waals surface area contributed by atoms with E-state index >= 15 is 0 Å². The molecule has 1 heterocycles. The molecule has 0 N–H and O–H groups in total. The number of rotatable bonds is 4. The number of benzene rings is 1. The Bertz CT molecular complexity index is 505. The number of hydrogen-bond donors (Lipinski definition) is 0. The fourth-order valence-corrected chi connectivity index (χ4v) is 1.90. The molecular formula is C14H13FO2. The Morgan fingerprint density at radius 3 is 2.65 bits per heavy atom. The first-order valence-corrected chi connectivity index (χ1v) is 5.39. The summed E-state index contributed by atoms with van der Waals surface area (Å²) >= 11 is 0. The van der Waals surface area contributed by atoms with Crippen molar-refractivity contribution in [2.24, 2.45) is 0 Å². The van der Waals surface area contributed by atoms with E-state index in [4.69, 9.17) is 4.42 Å². The third-order valence-corrected chi connectivity index (χ3v) is 2.87. The maximum absolute atomic E-state index is 13.7. The number of aldehydes is 1. The zero-order valence-electron chi connectivity index (χ0n) is 9.52. The lowest BCUT2D eigenvalue weighted by Gasteiger charge is -2.22. The van der Waals surface area contributed by atoms with Crippen LogP contribution in [0.5, 0.6) is 0 Å². The smallest absolute Gasteiger partial charge is 0.130 e. The van der Waals surface area contributed by atoms with Gasteiger partial charge in [-0.3, -0.25) is 0 Å². The molecule has 1 aromatic carbocycles. The molecule has 0 amide bonds. The highest BCUT2D eigenvalue weighted by atomic mass is 19.1. The van der Waals surface area contributed by atoms with Crippen molar-refractivity contribution in [2.45, 2.75) is 18.8 Å². The summed E-state index contributed by atoms with van der Waals surface area (Å²) < 4.78 is 18.9. The second kappa shape index (κ2) is 4.53. The fraction of sp³-hybridized carbons (Fsp3) is 0.214. The SMILES string of the molecule is CC(C=O)(Cc1ccco1)c1ccccc1F. The molecule has 2 aromatic rings. The van der Waals surface area contributed by atoms with E-state index in [9.17, 15) is 9.18 Å². The summed E-state index contributed by atoms with van der Waals surface area (Å²) in [5.74, 6) is 0.302. The fourth-order valence-electron chi connectivity index (χ4n) is 1.90.